The molecule has 0 radical (unpaired) electrons. The highest BCUT2D eigenvalue weighted by molar-refractivity contribution is 6.30. The van der Waals surface area contributed by atoms with Crippen LogP contribution in [0, 0.1) is 5.92 Å². The molecule has 1 N–H and O–H groups in total. The van der Waals surface area contributed by atoms with Gasteiger partial charge in [0.25, 0.3) is 0 Å². The van der Waals surface area contributed by atoms with Crippen molar-refractivity contribution < 1.29 is 14.3 Å². The van der Waals surface area contributed by atoms with Crippen LogP contribution in [0.25, 0.3) is 0 Å². The van der Waals surface area contributed by atoms with E-state index in [1.54, 1.807) is 11.0 Å². The molecule has 1 heterocycles. The maximum absolute atomic E-state index is 12.6. The van der Waals surface area contributed by atoms with Crippen LogP contribution in [0.3, 0.4) is 0 Å². The predicted octanol–water partition coefficient (Wildman–Crippen LogP) is 3.77. The second kappa shape index (κ2) is 8.91. The number of carbonyl (C=O) groups is 2. The van der Waals surface area contributed by atoms with E-state index in [4.69, 9.17) is 16.3 Å². The van der Waals surface area contributed by atoms with Crippen LogP contribution in [0.2, 0.25) is 5.02 Å². The van der Waals surface area contributed by atoms with Crippen molar-refractivity contribution in [2.24, 2.45) is 5.92 Å². The third-order valence-electron chi connectivity index (χ3n) is 4.61. The minimum atomic E-state index is -0.350. The highest BCUT2D eigenvalue weighted by Crippen LogP contribution is 2.26. The first-order valence-electron chi connectivity index (χ1n) is 9.11. The van der Waals surface area contributed by atoms with Gasteiger partial charge < -0.3 is 15.0 Å². The van der Waals surface area contributed by atoms with E-state index in [1.165, 1.54) is 0 Å². The van der Waals surface area contributed by atoms with Gasteiger partial charge in [-0.15, -0.1) is 0 Å². The third-order valence-corrected chi connectivity index (χ3v) is 4.87. The zero-order valence-corrected chi connectivity index (χ0v) is 16.0. The number of rotatable bonds is 7. The molecule has 142 valence electrons. The van der Waals surface area contributed by atoms with Crippen molar-refractivity contribution in [1.29, 1.82) is 0 Å². The largest absolute Gasteiger partial charge is 0.492 e. The molecule has 1 aliphatic heterocycles. The lowest BCUT2D eigenvalue weighted by atomic mass is 10.1. The van der Waals surface area contributed by atoms with Gasteiger partial charge in [-0.05, 0) is 43.2 Å². The van der Waals surface area contributed by atoms with E-state index in [9.17, 15) is 9.59 Å². The Morgan fingerprint density at radius 1 is 1.22 bits per heavy atom. The van der Waals surface area contributed by atoms with Gasteiger partial charge >= 0.3 is 0 Å². The van der Waals surface area contributed by atoms with Gasteiger partial charge in [0.05, 0.1) is 18.2 Å². The number of ether oxygens (including phenoxy) is 1. The molecule has 3 rings (SSSR count). The number of carbonyl (C=O) groups excluding carboxylic acids is 2. The molecule has 1 aliphatic rings. The van der Waals surface area contributed by atoms with E-state index in [0.717, 1.165) is 12.0 Å². The van der Waals surface area contributed by atoms with Crippen molar-refractivity contribution in [2.75, 3.05) is 25.0 Å². The normalized spacial score (nSPS) is 16.4. The first-order chi connectivity index (χ1) is 13.1. The topological polar surface area (TPSA) is 58.6 Å². The Morgan fingerprint density at radius 3 is 2.70 bits per heavy atom. The number of halogens is 1. The number of amides is 2. The Morgan fingerprint density at radius 2 is 1.96 bits per heavy atom. The van der Waals surface area contributed by atoms with Crippen molar-refractivity contribution in [3.05, 3.63) is 59.1 Å². The Kier molecular flexibility index (Phi) is 6.35. The molecule has 0 aromatic heterocycles. The smallest absolute Gasteiger partial charge is 0.229 e. The van der Waals surface area contributed by atoms with E-state index in [1.807, 2.05) is 49.4 Å². The highest BCUT2D eigenvalue weighted by atomic mass is 35.5. The van der Waals surface area contributed by atoms with Crippen LogP contribution < -0.4 is 10.1 Å². The lowest BCUT2D eigenvalue weighted by molar-refractivity contribution is -0.128. The number of hydrogen-bond donors (Lipinski definition) is 1. The van der Waals surface area contributed by atoms with Crippen molar-refractivity contribution >= 4 is 29.1 Å². The number of nitrogens with zero attached hydrogens (tertiary/aromatic N) is 1. The van der Waals surface area contributed by atoms with Gasteiger partial charge in [0.1, 0.15) is 5.75 Å². The second-order valence-electron chi connectivity index (χ2n) is 6.54. The summed E-state index contributed by atoms with van der Waals surface area (Å²) in [4.78, 5) is 26.7. The number of benzene rings is 2. The van der Waals surface area contributed by atoms with Crippen molar-refractivity contribution in [1.82, 2.24) is 4.90 Å². The van der Waals surface area contributed by atoms with Gasteiger partial charge in [0, 0.05) is 24.5 Å². The molecule has 1 unspecified atom stereocenters. The standard InChI is InChI=1S/C21H23ClN2O3/c1-2-27-19-6-4-3-5-18(19)23-21(26)16-13-20(25)24(14-16)12-11-15-7-9-17(22)10-8-15/h3-10,16H,2,11-14H2,1H3,(H,23,26). The lowest BCUT2D eigenvalue weighted by Gasteiger charge is -2.17. The monoisotopic (exact) mass is 386 g/mol. The second-order valence-corrected chi connectivity index (χ2v) is 6.97. The quantitative estimate of drug-likeness (QED) is 0.788. The van der Waals surface area contributed by atoms with Crippen LogP contribution in [0.15, 0.2) is 48.5 Å². The number of hydrogen-bond acceptors (Lipinski definition) is 3. The molecule has 0 aliphatic carbocycles. The van der Waals surface area contributed by atoms with E-state index >= 15 is 0 Å². The van der Waals surface area contributed by atoms with Crippen LogP contribution in [0.4, 0.5) is 5.69 Å². The average molecular weight is 387 g/mol. The zero-order chi connectivity index (χ0) is 19.2. The molecular formula is C21H23ClN2O3. The molecule has 2 amide bonds. The molecule has 0 spiro atoms. The molecule has 5 nitrogen and oxygen atoms in total. The summed E-state index contributed by atoms with van der Waals surface area (Å²) in [5.74, 6) is 0.154. The van der Waals surface area contributed by atoms with Gasteiger partial charge in [-0.25, -0.2) is 0 Å². The van der Waals surface area contributed by atoms with Gasteiger partial charge in [-0.3, -0.25) is 9.59 Å². The van der Waals surface area contributed by atoms with Gasteiger partial charge in [-0.2, -0.15) is 0 Å². The number of para-hydroxylation sites is 2. The van der Waals surface area contributed by atoms with Gasteiger partial charge in [-0.1, -0.05) is 35.9 Å². The average Bonchev–Trinajstić information content (AvgIpc) is 3.04. The summed E-state index contributed by atoms with van der Waals surface area (Å²) in [5, 5.41) is 3.60. The molecule has 2 aromatic rings. The predicted molar refractivity (Wildman–Crippen MR) is 106 cm³/mol. The molecule has 1 fully saturated rings. The molecule has 0 bridgehead atoms. The maximum Gasteiger partial charge on any atom is 0.229 e. The summed E-state index contributed by atoms with van der Waals surface area (Å²) in [5.41, 5.74) is 1.75. The van der Waals surface area contributed by atoms with Crippen molar-refractivity contribution in [3.63, 3.8) is 0 Å². The van der Waals surface area contributed by atoms with E-state index in [0.29, 0.717) is 36.2 Å². The van der Waals surface area contributed by atoms with E-state index in [-0.39, 0.29) is 24.2 Å². The van der Waals surface area contributed by atoms with E-state index < -0.39 is 0 Å². The number of likely N-dealkylation sites (tertiary alicyclic amines) is 1. The fourth-order valence-electron chi connectivity index (χ4n) is 3.17. The molecule has 6 heteroatoms. The molecule has 1 saturated heterocycles. The number of anilines is 1. The van der Waals surface area contributed by atoms with Crippen molar-refractivity contribution in [3.8, 4) is 5.75 Å². The Labute approximate surface area is 164 Å². The highest BCUT2D eigenvalue weighted by Gasteiger charge is 2.34. The third kappa shape index (κ3) is 5.01. The fraction of sp³-hybridized carbons (Fsp3) is 0.333. The lowest BCUT2D eigenvalue weighted by Crippen LogP contribution is -2.30. The Bertz CT molecular complexity index is 807. The molecule has 2 aromatic carbocycles. The summed E-state index contributed by atoms with van der Waals surface area (Å²) in [6, 6.07) is 14.9. The summed E-state index contributed by atoms with van der Waals surface area (Å²) >= 11 is 5.90. The molecule has 27 heavy (non-hydrogen) atoms. The first-order valence-corrected chi connectivity index (χ1v) is 9.49. The molecule has 0 saturated carbocycles. The SMILES string of the molecule is CCOc1ccccc1NC(=O)C1CC(=O)N(CCc2ccc(Cl)cc2)C1. The summed E-state index contributed by atoms with van der Waals surface area (Å²) in [6.45, 7) is 3.45. The fourth-order valence-corrected chi connectivity index (χ4v) is 3.29. The zero-order valence-electron chi connectivity index (χ0n) is 15.3. The van der Waals surface area contributed by atoms with Crippen LogP contribution in [-0.2, 0) is 16.0 Å². The van der Waals surface area contributed by atoms with Crippen molar-refractivity contribution in [2.45, 2.75) is 19.8 Å². The summed E-state index contributed by atoms with van der Waals surface area (Å²) < 4.78 is 5.54. The van der Waals surface area contributed by atoms with E-state index in [2.05, 4.69) is 5.32 Å². The molecular weight excluding hydrogens is 364 g/mol. The minimum Gasteiger partial charge on any atom is -0.492 e. The first kappa shape index (κ1) is 19.2. The maximum atomic E-state index is 12.6. The van der Waals surface area contributed by atoms with Crippen LogP contribution >= 0.6 is 11.6 Å². The van der Waals surface area contributed by atoms with Gasteiger partial charge in [0.2, 0.25) is 11.8 Å². The number of nitrogens with one attached hydrogen (secondary N) is 1. The van der Waals surface area contributed by atoms with Crippen LogP contribution in [0.5, 0.6) is 5.75 Å². The Balaban J connectivity index is 1.56. The summed E-state index contributed by atoms with van der Waals surface area (Å²) in [7, 11) is 0. The van der Waals surface area contributed by atoms with Gasteiger partial charge in [0.15, 0.2) is 0 Å². The van der Waals surface area contributed by atoms with Crippen LogP contribution in [0.1, 0.15) is 18.9 Å². The van der Waals surface area contributed by atoms with Crippen LogP contribution in [-0.4, -0.2) is 36.4 Å². The summed E-state index contributed by atoms with van der Waals surface area (Å²) in [6.07, 6.45) is 0.980. The Hall–Kier alpha value is -2.53. The molecule has 1 atom stereocenters. The minimum absolute atomic E-state index is 0.0159.